The molecule has 0 bridgehead atoms. The lowest BCUT2D eigenvalue weighted by atomic mass is 10.2. The van der Waals surface area contributed by atoms with Crippen LogP contribution in [-0.4, -0.2) is 16.5 Å². The Morgan fingerprint density at radius 3 is 2.89 bits per heavy atom. The lowest BCUT2D eigenvalue weighted by Crippen LogP contribution is -2.07. The van der Waals surface area contributed by atoms with Gasteiger partial charge in [-0.05, 0) is 30.2 Å². The Hall–Kier alpha value is -2.14. The Morgan fingerprint density at radius 1 is 1.37 bits per heavy atom. The molecular weight excluding hydrogens is 266 g/mol. The molecule has 0 fully saturated rings. The van der Waals surface area contributed by atoms with Crippen molar-refractivity contribution in [3.63, 3.8) is 0 Å². The van der Waals surface area contributed by atoms with Crippen LogP contribution < -0.4 is 5.32 Å². The molecule has 0 spiro atoms. The molecule has 0 unspecified atom stereocenters. The first kappa shape index (κ1) is 13.3. The zero-order chi connectivity index (χ0) is 13.7. The Kier molecular flexibility index (Phi) is 4.30. The van der Waals surface area contributed by atoms with Crippen LogP contribution in [0, 0.1) is 10.1 Å². The van der Waals surface area contributed by atoms with Crippen LogP contribution in [0.5, 0.6) is 0 Å². The minimum Gasteiger partial charge on any atom is -0.379 e. The number of pyridine rings is 1. The highest BCUT2D eigenvalue weighted by Crippen LogP contribution is 2.27. The van der Waals surface area contributed by atoms with Gasteiger partial charge in [0, 0.05) is 30.0 Å². The monoisotopic (exact) mass is 277 g/mol. The molecule has 0 aliphatic carbocycles. The molecule has 0 aliphatic rings. The Labute approximate surface area is 115 Å². The Morgan fingerprint density at radius 2 is 2.21 bits per heavy atom. The molecule has 1 aromatic heterocycles. The van der Waals surface area contributed by atoms with Gasteiger partial charge in [0.15, 0.2) is 0 Å². The average Bonchev–Trinajstić information content (AvgIpc) is 2.39. The molecule has 0 radical (unpaired) electrons. The van der Waals surface area contributed by atoms with Crippen LogP contribution >= 0.6 is 11.6 Å². The number of rotatable bonds is 5. The molecule has 0 saturated carbocycles. The molecule has 2 aromatic rings. The summed E-state index contributed by atoms with van der Waals surface area (Å²) in [7, 11) is 0. The molecule has 2 rings (SSSR count). The van der Waals surface area contributed by atoms with Crippen molar-refractivity contribution in [1.82, 2.24) is 4.98 Å². The van der Waals surface area contributed by atoms with E-state index in [2.05, 4.69) is 10.3 Å². The van der Waals surface area contributed by atoms with E-state index in [1.54, 1.807) is 18.5 Å². The second kappa shape index (κ2) is 6.15. The number of nitrogens with one attached hydrogen (secondary N) is 1. The molecule has 0 amide bonds. The van der Waals surface area contributed by atoms with Gasteiger partial charge in [-0.25, -0.2) is 0 Å². The van der Waals surface area contributed by atoms with Gasteiger partial charge in [-0.2, -0.15) is 0 Å². The average molecular weight is 278 g/mol. The van der Waals surface area contributed by atoms with Crippen molar-refractivity contribution < 1.29 is 4.92 Å². The van der Waals surface area contributed by atoms with Crippen molar-refractivity contribution in [3.05, 3.63) is 63.4 Å². The lowest BCUT2D eigenvalue weighted by Gasteiger charge is -2.07. The van der Waals surface area contributed by atoms with E-state index < -0.39 is 4.92 Å². The molecule has 0 saturated heterocycles. The fraction of sp³-hybridized carbons (Fsp3) is 0.154. The maximum absolute atomic E-state index is 10.9. The van der Waals surface area contributed by atoms with E-state index in [1.807, 2.05) is 12.1 Å². The highest BCUT2D eigenvalue weighted by Gasteiger charge is 2.13. The van der Waals surface area contributed by atoms with Crippen LogP contribution in [0.25, 0.3) is 0 Å². The number of nitro groups is 1. The number of anilines is 1. The van der Waals surface area contributed by atoms with Crippen LogP contribution in [0.1, 0.15) is 5.56 Å². The van der Waals surface area contributed by atoms with Gasteiger partial charge >= 0.3 is 0 Å². The van der Waals surface area contributed by atoms with Crippen molar-refractivity contribution in [1.29, 1.82) is 0 Å². The molecule has 98 valence electrons. The standard InChI is InChI=1S/C13H12ClN3O2/c14-11-3-4-13(17(18)19)12(8-11)16-7-5-10-2-1-6-15-9-10/h1-4,6,8-9,16H,5,7H2. The summed E-state index contributed by atoms with van der Waals surface area (Å²) in [6, 6.07) is 8.28. The third kappa shape index (κ3) is 3.66. The first-order valence-electron chi connectivity index (χ1n) is 5.73. The van der Waals surface area contributed by atoms with Crippen molar-refractivity contribution >= 4 is 23.0 Å². The Balaban J connectivity index is 2.03. The first-order chi connectivity index (χ1) is 9.16. The van der Waals surface area contributed by atoms with Crippen LogP contribution in [0.2, 0.25) is 5.02 Å². The van der Waals surface area contributed by atoms with E-state index in [9.17, 15) is 10.1 Å². The van der Waals surface area contributed by atoms with Gasteiger partial charge in [0.2, 0.25) is 0 Å². The molecule has 1 aromatic carbocycles. The van der Waals surface area contributed by atoms with Crippen molar-refractivity contribution in [2.24, 2.45) is 0 Å². The molecule has 19 heavy (non-hydrogen) atoms. The zero-order valence-corrected chi connectivity index (χ0v) is 10.8. The normalized spacial score (nSPS) is 10.2. The summed E-state index contributed by atoms with van der Waals surface area (Å²) in [5.41, 5.74) is 1.52. The summed E-state index contributed by atoms with van der Waals surface area (Å²) in [5.74, 6) is 0. The number of nitro benzene ring substituents is 1. The lowest BCUT2D eigenvalue weighted by molar-refractivity contribution is -0.384. The largest absolute Gasteiger partial charge is 0.379 e. The number of hydrogen-bond acceptors (Lipinski definition) is 4. The van der Waals surface area contributed by atoms with Gasteiger partial charge in [0.05, 0.1) is 4.92 Å². The van der Waals surface area contributed by atoms with Crippen LogP contribution in [0.3, 0.4) is 0 Å². The van der Waals surface area contributed by atoms with E-state index in [4.69, 9.17) is 11.6 Å². The predicted molar refractivity (Wildman–Crippen MR) is 74.5 cm³/mol. The highest BCUT2D eigenvalue weighted by molar-refractivity contribution is 6.31. The molecule has 1 N–H and O–H groups in total. The quantitative estimate of drug-likeness (QED) is 0.672. The van der Waals surface area contributed by atoms with Crippen molar-refractivity contribution in [2.75, 3.05) is 11.9 Å². The minimum atomic E-state index is -0.428. The SMILES string of the molecule is O=[N+]([O-])c1ccc(Cl)cc1NCCc1cccnc1. The van der Waals surface area contributed by atoms with E-state index in [1.165, 1.54) is 12.1 Å². The smallest absolute Gasteiger partial charge is 0.292 e. The predicted octanol–water partition coefficient (Wildman–Crippen LogP) is 3.30. The fourth-order valence-corrected chi connectivity index (χ4v) is 1.87. The van der Waals surface area contributed by atoms with E-state index in [0.29, 0.717) is 17.3 Å². The van der Waals surface area contributed by atoms with Gasteiger partial charge in [0.1, 0.15) is 5.69 Å². The third-order valence-electron chi connectivity index (χ3n) is 2.61. The van der Waals surface area contributed by atoms with Gasteiger partial charge < -0.3 is 5.32 Å². The maximum atomic E-state index is 10.9. The topological polar surface area (TPSA) is 68.1 Å². The minimum absolute atomic E-state index is 0.0237. The molecular formula is C13H12ClN3O2. The van der Waals surface area contributed by atoms with Gasteiger partial charge in [-0.3, -0.25) is 15.1 Å². The van der Waals surface area contributed by atoms with E-state index in [-0.39, 0.29) is 5.69 Å². The van der Waals surface area contributed by atoms with Crippen molar-refractivity contribution in [2.45, 2.75) is 6.42 Å². The van der Waals surface area contributed by atoms with Crippen LogP contribution in [0.4, 0.5) is 11.4 Å². The highest BCUT2D eigenvalue weighted by atomic mass is 35.5. The fourth-order valence-electron chi connectivity index (χ4n) is 1.70. The summed E-state index contributed by atoms with van der Waals surface area (Å²) < 4.78 is 0. The van der Waals surface area contributed by atoms with Crippen LogP contribution in [0.15, 0.2) is 42.7 Å². The molecule has 1 heterocycles. The van der Waals surface area contributed by atoms with E-state index >= 15 is 0 Å². The number of aromatic nitrogens is 1. The van der Waals surface area contributed by atoms with Crippen molar-refractivity contribution in [3.8, 4) is 0 Å². The summed E-state index contributed by atoms with van der Waals surface area (Å²) >= 11 is 5.84. The van der Waals surface area contributed by atoms with Gasteiger partial charge in [-0.15, -0.1) is 0 Å². The first-order valence-corrected chi connectivity index (χ1v) is 6.11. The number of nitrogens with zero attached hydrogens (tertiary/aromatic N) is 2. The number of halogens is 1. The summed E-state index contributed by atoms with van der Waals surface area (Å²) in [6.07, 6.45) is 4.21. The van der Waals surface area contributed by atoms with Crippen LogP contribution in [-0.2, 0) is 6.42 Å². The summed E-state index contributed by atoms with van der Waals surface area (Å²) in [5, 5.41) is 14.4. The molecule has 0 aliphatic heterocycles. The second-order valence-corrected chi connectivity index (χ2v) is 4.39. The zero-order valence-electron chi connectivity index (χ0n) is 10.0. The summed E-state index contributed by atoms with van der Waals surface area (Å²) in [4.78, 5) is 14.5. The second-order valence-electron chi connectivity index (χ2n) is 3.96. The van der Waals surface area contributed by atoms with Gasteiger partial charge in [0.25, 0.3) is 5.69 Å². The summed E-state index contributed by atoms with van der Waals surface area (Å²) in [6.45, 7) is 0.576. The van der Waals surface area contributed by atoms with Gasteiger partial charge in [-0.1, -0.05) is 17.7 Å². The molecule has 5 nitrogen and oxygen atoms in total. The molecule has 0 atom stereocenters. The number of hydrogen-bond donors (Lipinski definition) is 1. The third-order valence-corrected chi connectivity index (χ3v) is 2.84. The van der Waals surface area contributed by atoms with E-state index in [0.717, 1.165) is 12.0 Å². The Bertz CT molecular complexity index is 575. The molecule has 6 heteroatoms. The maximum Gasteiger partial charge on any atom is 0.292 e. The number of benzene rings is 1.